The zero-order valence-corrected chi connectivity index (χ0v) is 12.1. The minimum absolute atomic E-state index is 0.278. The fraction of sp³-hybridized carbons (Fsp3) is 0.333. The fourth-order valence-electron chi connectivity index (χ4n) is 1.29. The number of carbonyl (C=O) groups is 2. The lowest BCUT2D eigenvalue weighted by molar-refractivity contribution is -0.146. The lowest BCUT2D eigenvalue weighted by Gasteiger charge is -2.14. The molecule has 1 aromatic rings. The Hall–Kier alpha value is -1.67. The van der Waals surface area contributed by atoms with Crippen LogP contribution in [0.2, 0.25) is 0 Å². The van der Waals surface area contributed by atoms with Crippen molar-refractivity contribution in [1.82, 2.24) is 5.32 Å². The molecule has 0 fully saturated rings. The minimum Gasteiger partial charge on any atom is -0.483 e. The molecule has 0 bridgehead atoms. The highest BCUT2D eigenvalue weighted by molar-refractivity contribution is 9.10. The summed E-state index contributed by atoms with van der Waals surface area (Å²) in [5.41, 5.74) is 0. The summed E-state index contributed by atoms with van der Waals surface area (Å²) >= 11 is 3.09. The van der Waals surface area contributed by atoms with Crippen molar-refractivity contribution in [2.45, 2.75) is 6.04 Å². The van der Waals surface area contributed by atoms with Gasteiger partial charge < -0.3 is 19.9 Å². The molecule has 0 aromatic heterocycles. The summed E-state index contributed by atoms with van der Waals surface area (Å²) < 4.78 is 22.8. The van der Waals surface area contributed by atoms with Crippen molar-refractivity contribution in [1.29, 1.82) is 0 Å². The number of ether oxygens (including phenoxy) is 2. The first-order chi connectivity index (χ1) is 9.47. The average Bonchev–Trinajstić information content (AvgIpc) is 2.43. The van der Waals surface area contributed by atoms with Crippen LogP contribution in [-0.4, -0.2) is 43.3 Å². The van der Waals surface area contributed by atoms with Crippen molar-refractivity contribution in [3.05, 3.63) is 28.5 Å². The number of carbonyl (C=O) groups excluding carboxylic acids is 2. The van der Waals surface area contributed by atoms with Gasteiger partial charge in [-0.1, -0.05) is 0 Å². The molecule has 0 radical (unpaired) electrons. The van der Waals surface area contributed by atoms with E-state index in [0.717, 1.165) is 7.11 Å². The Balaban J connectivity index is 2.52. The summed E-state index contributed by atoms with van der Waals surface area (Å²) in [7, 11) is 1.14. The van der Waals surface area contributed by atoms with E-state index in [1.807, 2.05) is 0 Å². The number of hydrogen-bond acceptors (Lipinski definition) is 5. The Kier molecular flexibility index (Phi) is 6.40. The van der Waals surface area contributed by atoms with Gasteiger partial charge in [-0.25, -0.2) is 9.18 Å². The van der Waals surface area contributed by atoms with Crippen molar-refractivity contribution in [2.75, 3.05) is 20.3 Å². The number of nitrogens with one attached hydrogen (secondary N) is 1. The lowest BCUT2D eigenvalue weighted by Crippen LogP contribution is -2.45. The predicted molar refractivity (Wildman–Crippen MR) is 70.6 cm³/mol. The van der Waals surface area contributed by atoms with Crippen LogP contribution in [0.25, 0.3) is 0 Å². The van der Waals surface area contributed by atoms with Crippen LogP contribution in [0, 0.1) is 5.82 Å². The normalized spacial score (nSPS) is 11.6. The number of aliphatic hydroxyl groups excluding tert-OH is 1. The van der Waals surface area contributed by atoms with Crippen LogP contribution < -0.4 is 10.1 Å². The number of aliphatic hydroxyl groups is 1. The van der Waals surface area contributed by atoms with Gasteiger partial charge in [-0.3, -0.25) is 4.79 Å². The largest absolute Gasteiger partial charge is 0.483 e. The first-order valence-corrected chi connectivity index (χ1v) is 6.33. The molecule has 1 atom stereocenters. The van der Waals surface area contributed by atoms with Gasteiger partial charge in [-0.2, -0.15) is 0 Å². The highest BCUT2D eigenvalue weighted by Gasteiger charge is 2.20. The van der Waals surface area contributed by atoms with Gasteiger partial charge in [0.25, 0.3) is 5.91 Å². The van der Waals surface area contributed by atoms with Crippen molar-refractivity contribution < 1.29 is 28.6 Å². The topological polar surface area (TPSA) is 84.9 Å². The molecule has 20 heavy (non-hydrogen) atoms. The van der Waals surface area contributed by atoms with Crippen molar-refractivity contribution in [3.63, 3.8) is 0 Å². The smallest absolute Gasteiger partial charge is 0.330 e. The number of hydrogen-bond donors (Lipinski definition) is 2. The van der Waals surface area contributed by atoms with Gasteiger partial charge in [0, 0.05) is 0 Å². The van der Waals surface area contributed by atoms with E-state index in [1.165, 1.54) is 18.2 Å². The fourth-order valence-corrected chi connectivity index (χ4v) is 1.76. The third-order valence-corrected chi connectivity index (χ3v) is 2.88. The van der Waals surface area contributed by atoms with Crippen LogP contribution >= 0.6 is 15.9 Å². The third-order valence-electron chi connectivity index (χ3n) is 2.26. The molecule has 0 aliphatic carbocycles. The molecule has 8 heteroatoms. The number of benzene rings is 1. The summed E-state index contributed by atoms with van der Waals surface area (Å²) in [6, 6.07) is 2.59. The first kappa shape index (κ1) is 16.4. The molecule has 6 nitrogen and oxygen atoms in total. The molecule has 1 aromatic carbocycles. The Morgan fingerprint density at radius 1 is 1.50 bits per heavy atom. The van der Waals surface area contributed by atoms with E-state index in [2.05, 4.69) is 26.0 Å². The molecule has 2 N–H and O–H groups in total. The summed E-state index contributed by atoms with van der Waals surface area (Å²) in [5, 5.41) is 11.2. The maximum atomic E-state index is 12.8. The number of methoxy groups -OCH3 is 1. The van der Waals surface area contributed by atoms with E-state index in [9.17, 15) is 14.0 Å². The number of rotatable bonds is 6. The number of amides is 1. The van der Waals surface area contributed by atoms with Crippen LogP contribution in [0.4, 0.5) is 4.39 Å². The molecule has 0 aliphatic heterocycles. The molecule has 1 amide bonds. The van der Waals surface area contributed by atoms with E-state index < -0.39 is 36.9 Å². The monoisotopic (exact) mass is 349 g/mol. The maximum absolute atomic E-state index is 12.8. The SMILES string of the molecule is COC(=O)C(CO)NC(=O)COc1ccc(F)cc1Br. The quantitative estimate of drug-likeness (QED) is 0.735. The molecular weight excluding hydrogens is 337 g/mol. The Labute approximate surface area is 123 Å². The summed E-state index contributed by atoms with van der Waals surface area (Å²) in [4.78, 5) is 22.7. The maximum Gasteiger partial charge on any atom is 0.330 e. The van der Waals surface area contributed by atoms with Crippen LogP contribution in [0.3, 0.4) is 0 Å². The summed E-state index contributed by atoms with van der Waals surface area (Å²) in [6.07, 6.45) is 0. The van der Waals surface area contributed by atoms with Gasteiger partial charge in [0.15, 0.2) is 12.6 Å². The first-order valence-electron chi connectivity index (χ1n) is 5.53. The second-order valence-corrected chi connectivity index (χ2v) is 4.54. The molecule has 1 rings (SSSR count). The van der Waals surface area contributed by atoms with Crippen LogP contribution in [0.15, 0.2) is 22.7 Å². The van der Waals surface area contributed by atoms with E-state index in [-0.39, 0.29) is 5.75 Å². The second kappa shape index (κ2) is 7.81. The van der Waals surface area contributed by atoms with Gasteiger partial charge in [0.1, 0.15) is 11.6 Å². The third kappa shape index (κ3) is 4.78. The standard InChI is InChI=1S/C12H13BrFNO5/c1-19-12(18)9(5-16)15-11(17)6-20-10-3-2-7(14)4-8(10)13/h2-4,9,16H,5-6H2,1H3,(H,15,17). The molecule has 110 valence electrons. The molecule has 0 heterocycles. The zero-order chi connectivity index (χ0) is 15.1. The zero-order valence-electron chi connectivity index (χ0n) is 10.6. The van der Waals surface area contributed by atoms with Crippen molar-refractivity contribution in [2.24, 2.45) is 0 Å². The van der Waals surface area contributed by atoms with Gasteiger partial charge in [0.05, 0.1) is 18.2 Å². The van der Waals surface area contributed by atoms with Crippen LogP contribution in [-0.2, 0) is 14.3 Å². The second-order valence-electron chi connectivity index (χ2n) is 3.69. The molecule has 1 unspecified atom stereocenters. The van der Waals surface area contributed by atoms with Gasteiger partial charge in [0.2, 0.25) is 0 Å². The van der Waals surface area contributed by atoms with Crippen LogP contribution in [0.5, 0.6) is 5.75 Å². The van der Waals surface area contributed by atoms with E-state index >= 15 is 0 Å². The molecule has 0 saturated heterocycles. The van der Waals surface area contributed by atoms with Crippen molar-refractivity contribution >= 4 is 27.8 Å². The average molecular weight is 350 g/mol. The van der Waals surface area contributed by atoms with Gasteiger partial charge in [-0.15, -0.1) is 0 Å². The number of esters is 1. The highest BCUT2D eigenvalue weighted by Crippen LogP contribution is 2.25. The molecule has 0 saturated carbocycles. The van der Waals surface area contributed by atoms with Crippen LogP contribution in [0.1, 0.15) is 0 Å². The predicted octanol–water partition coefficient (Wildman–Crippen LogP) is 0.617. The van der Waals surface area contributed by atoms with E-state index in [1.54, 1.807) is 0 Å². The van der Waals surface area contributed by atoms with E-state index in [0.29, 0.717) is 4.47 Å². The number of halogens is 2. The Morgan fingerprint density at radius 3 is 2.75 bits per heavy atom. The lowest BCUT2D eigenvalue weighted by atomic mass is 10.3. The minimum atomic E-state index is -1.15. The highest BCUT2D eigenvalue weighted by atomic mass is 79.9. The van der Waals surface area contributed by atoms with Crippen molar-refractivity contribution in [3.8, 4) is 5.75 Å². The summed E-state index contributed by atoms with van der Waals surface area (Å²) in [5.74, 6) is -1.55. The van der Waals surface area contributed by atoms with Gasteiger partial charge >= 0.3 is 5.97 Å². The Bertz CT molecular complexity index is 497. The summed E-state index contributed by atoms with van der Waals surface area (Å²) in [6.45, 7) is -0.976. The molecule has 0 aliphatic rings. The molecule has 0 spiro atoms. The van der Waals surface area contributed by atoms with Gasteiger partial charge in [-0.05, 0) is 34.1 Å². The van der Waals surface area contributed by atoms with E-state index in [4.69, 9.17) is 9.84 Å². The molecular formula is C12H13BrFNO5. The Morgan fingerprint density at radius 2 is 2.20 bits per heavy atom.